The van der Waals surface area contributed by atoms with E-state index in [0.717, 1.165) is 12.1 Å². The van der Waals surface area contributed by atoms with Gasteiger partial charge in [0.15, 0.2) is 17.5 Å². The van der Waals surface area contributed by atoms with E-state index < -0.39 is 23.5 Å². The van der Waals surface area contributed by atoms with E-state index in [9.17, 15) is 13.2 Å². The van der Waals surface area contributed by atoms with Crippen molar-refractivity contribution < 1.29 is 13.2 Å². The number of halogens is 3. The Labute approximate surface area is 95.7 Å². The van der Waals surface area contributed by atoms with E-state index in [0.29, 0.717) is 5.69 Å². The highest BCUT2D eigenvalue weighted by molar-refractivity contribution is 5.37. The summed E-state index contributed by atoms with van der Waals surface area (Å²) in [6.45, 7) is 1.69. The molecule has 0 aliphatic carbocycles. The van der Waals surface area contributed by atoms with Gasteiger partial charge in [-0.15, -0.1) is 0 Å². The monoisotopic (exact) mass is 241 g/mol. The van der Waals surface area contributed by atoms with Crippen molar-refractivity contribution in [3.8, 4) is 5.69 Å². The van der Waals surface area contributed by atoms with Crippen LogP contribution in [0.1, 0.15) is 18.7 Å². The molecule has 1 atom stereocenters. The number of rotatable bonds is 2. The maximum absolute atomic E-state index is 13.6. The maximum Gasteiger partial charge on any atom is 0.196 e. The molecular formula is C11H10F3N3. The molecule has 6 heteroatoms. The SMILES string of the molecule is C[C@@H](N)c1cncn1-c1ccc(F)c(F)c1F. The fourth-order valence-electron chi connectivity index (χ4n) is 1.55. The van der Waals surface area contributed by atoms with Crippen LogP contribution in [0.5, 0.6) is 0 Å². The lowest BCUT2D eigenvalue weighted by atomic mass is 10.2. The molecule has 17 heavy (non-hydrogen) atoms. The number of nitrogens with two attached hydrogens (primary N) is 1. The highest BCUT2D eigenvalue weighted by Crippen LogP contribution is 2.22. The maximum atomic E-state index is 13.6. The predicted molar refractivity (Wildman–Crippen MR) is 56.0 cm³/mol. The second-order valence-electron chi connectivity index (χ2n) is 3.67. The summed E-state index contributed by atoms with van der Waals surface area (Å²) in [5, 5.41) is 0. The average molecular weight is 241 g/mol. The van der Waals surface area contributed by atoms with E-state index in [1.807, 2.05) is 0 Å². The molecule has 0 radical (unpaired) electrons. The zero-order valence-electron chi connectivity index (χ0n) is 8.99. The van der Waals surface area contributed by atoms with E-state index in [4.69, 9.17) is 5.73 Å². The molecule has 1 heterocycles. The van der Waals surface area contributed by atoms with Crippen LogP contribution in [-0.4, -0.2) is 9.55 Å². The smallest absolute Gasteiger partial charge is 0.196 e. The number of imidazole rings is 1. The Balaban J connectivity index is 2.61. The van der Waals surface area contributed by atoms with Crippen LogP contribution in [0.2, 0.25) is 0 Å². The van der Waals surface area contributed by atoms with Crippen molar-refractivity contribution in [3.63, 3.8) is 0 Å². The van der Waals surface area contributed by atoms with Gasteiger partial charge < -0.3 is 5.73 Å². The largest absolute Gasteiger partial charge is 0.323 e. The highest BCUT2D eigenvalue weighted by Gasteiger charge is 2.17. The third-order valence-electron chi connectivity index (χ3n) is 2.41. The summed E-state index contributed by atoms with van der Waals surface area (Å²) >= 11 is 0. The Morgan fingerprint density at radius 1 is 1.24 bits per heavy atom. The van der Waals surface area contributed by atoms with Gasteiger partial charge in [-0.1, -0.05) is 0 Å². The van der Waals surface area contributed by atoms with Crippen molar-refractivity contribution in [1.82, 2.24) is 9.55 Å². The van der Waals surface area contributed by atoms with Gasteiger partial charge in [-0.3, -0.25) is 4.57 Å². The Kier molecular flexibility index (Phi) is 2.89. The number of aromatic nitrogens is 2. The lowest BCUT2D eigenvalue weighted by Crippen LogP contribution is -2.12. The van der Waals surface area contributed by atoms with Gasteiger partial charge in [0.25, 0.3) is 0 Å². The summed E-state index contributed by atoms with van der Waals surface area (Å²) in [4.78, 5) is 3.81. The van der Waals surface area contributed by atoms with E-state index in [-0.39, 0.29) is 5.69 Å². The minimum Gasteiger partial charge on any atom is -0.323 e. The van der Waals surface area contributed by atoms with Crippen LogP contribution < -0.4 is 5.73 Å². The predicted octanol–water partition coefficient (Wildman–Crippen LogP) is 2.31. The summed E-state index contributed by atoms with van der Waals surface area (Å²) in [6, 6.07) is 1.60. The van der Waals surface area contributed by atoms with Gasteiger partial charge in [-0.05, 0) is 19.1 Å². The molecule has 2 rings (SSSR count). The molecule has 1 aromatic carbocycles. The summed E-state index contributed by atoms with van der Waals surface area (Å²) < 4.78 is 40.8. The third kappa shape index (κ3) is 1.91. The Bertz CT molecular complexity index is 549. The van der Waals surface area contributed by atoms with E-state index in [2.05, 4.69) is 4.98 Å². The van der Waals surface area contributed by atoms with Crippen LogP contribution in [0.25, 0.3) is 5.69 Å². The summed E-state index contributed by atoms with van der Waals surface area (Å²) in [6.07, 6.45) is 2.75. The van der Waals surface area contributed by atoms with Crippen molar-refractivity contribution in [1.29, 1.82) is 0 Å². The van der Waals surface area contributed by atoms with Crippen molar-refractivity contribution in [2.45, 2.75) is 13.0 Å². The van der Waals surface area contributed by atoms with E-state index in [1.54, 1.807) is 6.92 Å². The molecule has 0 spiro atoms. The molecule has 1 aromatic heterocycles. The second kappa shape index (κ2) is 4.21. The Morgan fingerprint density at radius 2 is 1.94 bits per heavy atom. The quantitative estimate of drug-likeness (QED) is 0.820. The molecule has 90 valence electrons. The van der Waals surface area contributed by atoms with Crippen LogP contribution in [0.3, 0.4) is 0 Å². The normalized spacial score (nSPS) is 12.8. The van der Waals surface area contributed by atoms with Crippen LogP contribution >= 0.6 is 0 Å². The summed E-state index contributed by atoms with van der Waals surface area (Å²) in [5.74, 6) is -3.99. The Morgan fingerprint density at radius 3 is 2.59 bits per heavy atom. The summed E-state index contributed by atoms with van der Waals surface area (Å²) in [5.41, 5.74) is 6.06. The van der Waals surface area contributed by atoms with Crippen LogP contribution in [-0.2, 0) is 0 Å². The highest BCUT2D eigenvalue weighted by atomic mass is 19.2. The molecule has 0 saturated heterocycles. The first kappa shape index (κ1) is 11.7. The first-order valence-corrected chi connectivity index (χ1v) is 4.94. The molecule has 0 unspecified atom stereocenters. The first-order chi connectivity index (χ1) is 8.02. The molecule has 0 aliphatic rings. The van der Waals surface area contributed by atoms with Crippen LogP contribution in [0.15, 0.2) is 24.7 Å². The molecule has 0 bridgehead atoms. The molecule has 0 amide bonds. The van der Waals surface area contributed by atoms with Gasteiger partial charge in [0, 0.05) is 6.04 Å². The average Bonchev–Trinajstić information content (AvgIpc) is 2.75. The minimum atomic E-state index is -1.51. The van der Waals surface area contributed by atoms with Crippen molar-refractivity contribution in [2.24, 2.45) is 5.73 Å². The zero-order chi connectivity index (χ0) is 12.6. The molecule has 0 fully saturated rings. The number of benzene rings is 1. The summed E-state index contributed by atoms with van der Waals surface area (Å²) in [7, 11) is 0. The van der Waals surface area contributed by atoms with Gasteiger partial charge in [0.1, 0.15) is 0 Å². The van der Waals surface area contributed by atoms with E-state index in [1.165, 1.54) is 17.1 Å². The Hall–Kier alpha value is -1.82. The van der Waals surface area contributed by atoms with Gasteiger partial charge in [-0.25, -0.2) is 18.2 Å². The molecule has 2 N–H and O–H groups in total. The van der Waals surface area contributed by atoms with Gasteiger partial charge in [-0.2, -0.15) is 0 Å². The lowest BCUT2D eigenvalue weighted by Gasteiger charge is -2.11. The van der Waals surface area contributed by atoms with Gasteiger partial charge in [0.2, 0.25) is 0 Å². The minimum absolute atomic E-state index is 0.117. The number of hydrogen-bond donors (Lipinski definition) is 1. The molecular weight excluding hydrogens is 231 g/mol. The van der Waals surface area contributed by atoms with Crippen molar-refractivity contribution in [3.05, 3.63) is 47.8 Å². The molecule has 2 aromatic rings. The molecule has 3 nitrogen and oxygen atoms in total. The van der Waals surface area contributed by atoms with Gasteiger partial charge in [0.05, 0.1) is 23.9 Å². The fourth-order valence-corrected chi connectivity index (χ4v) is 1.55. The van der Waals surface area contributed by atoms with Gasteiger partial charge >= 0.3 is 0 Å². The second-order valence-corrected chi connectivity index (χ2v) is 3.67. The first-order valence-electron chi connectivity index (χ1n) is 4.94. The lowest BCUT2D eigenvalue weighted by molar-refractivity contribution is 0.444. The number of nitrogens with zero attached hydrogens (tertiary/aromatic N) is 2. The van der Waals surface area contributed by atoms with Crippen molar-refractivity contribution >= 4 is 0 Å². The van der Waals surface area contributed by atoms with Crippen LogP contribution in [0.4, 0.5) is 13.2 Å². The standard InChI is InChI=1S/C11H10F3N3/c1-6(15)9-4-16-5-17(9)8-3-2-7(12)10(13)11(8)14/h2-6H,15H2,1H3/t6-/m1/s1. The fraction of sp³-hybridized carbons (Fsp3) is 0.182. The molecule has 0 saturated carbocycles. The molecule has 0 aliphatic heterocycles. The zero-order valence-corrected chi connectivity index (χ0v) is 8.99. The van der Waals surface area contributed by atoms with E-state index >= 15 is 0 Å². The van der Waals surface area contributed by atoms with Crippen LogP contribution in [0, 0.1) is 17.5 Å². The topological polar surface area (TPSA) is 43.8 Å². The number of hydrogen-bond acceptors (Lipinski definition) is 2. The third-order valence-corrected chi connectivity index (χ3v) is 2.41. The van der Waals surface area contributed by atoms with Crippen molar-refractivity contribution in [2.75, 3.05) is 0 Å².